The Balaban J connectivity index is 2.55. The summed E-state index contributed by atoms with van der Waals surface area (Å²) < 4.78 is 0. The van der Waals surface area contributed by atoms with Crippen LogP contribution in [-0.4, -0.2) is 16.7 Å². The highest BCUT2D eigenvalue weighted by Crippen LogP contribution is 2.45. The number of hydrogen-bond donors (Lipinski definition) is 0. The Hall–Kier alpha value is -0.930. The van der Waals surface area contributed by atoms with Crippen LogP contribution in [0.15, 0.2) is 0 Å². The maximum absolute atomic E-state index is 10.9. The van der Waals surface area contributed by atoms with Gasteiger partial charge < -0.3 is 0 Å². The van der Waals surface area contributed by atoms with E-state index in [1.807, 2.05) is 6.92 Å². The molecule has 0 saturated heterocycles. The molecular weight excluding hydrogens is 158 g/mol. The van der Waals surface area contributed by atoms with Crippen LogP contribution in [0.1, 0.15) is 26.7 Å². The van der Waals surface area contributed by atoms with E-state index in [0.29, 0.717) is 0 Å². The molecule has 0 aromatic rings. The van der Waals surface area contributed by atoms with Crippen LogP contribution in [0, 0.1) is 22.0 Å². The second-order valence-electron chi connectivity index (χ2n) is 3.36. The first-order valence-corrected chi connectivity index (χ1v) is 4.23. The molecular formula is C8H13NO3. The van der Waals surface area contributed by atoms with Gasteiger partial charge in [-0.2, -0.15) is 0 Å². The van der Waals surface area contributed by atoms with Crippen molar-refractivity contribution in [3.63, 3.8) is 0 Å². The summed E-state index contributed by atoms with van der Waals surface area (Å²) in [6, 6.07) is -0.581. The lowest BCUT2D eigenvalue weighted by Gasteiger charge is -1.87. The first kappa shape index (κ1) is 9.16. The molecule has 4 heteroatoms. The second-order valence-corrected chi connectivity index (χ2v) is 3.36. The Kier molecular flexibility index (Phi) is 2.45. The van der Waals surface area contributed by atoms with Crippen LogP contribution < -0.4 is 0 Å². The normalized spacial score (nSPS) is 33.0. The zero-order valence-corrected chi connectivity index (χ0v) is 7.32. The molecule has 0 spiro atoms. The van der Waals surface area contributed by atoms with Gasteiger partial charge in [0.25, 0.3) is 0 Å². The maximum atomic E-state index is 10.9. The van der Waals surface area contributed by atoms with Gasteiger partial charge in [-0.3, -0.25) is 14.9 Å². The quantitative estimate of drug-likeness (QED) is 0.472. The van der Waals surface area contributed by atoms with Crippen molar-refractivity contribution in [2.24, 2.45) is 11.8 Å². The van der Waals surface area contributed by atoms with Crippen LogP contribution in [-0.2, 0) is 4.79 Å². The van der Waals surface area contributed by atoms with Crippen molar-refractivity contribution < 1.29 is 9.72 Å². The molecule has 1 aliphatic carbocycles. The molecule has 68 valence electrons. The van der Waals surface area contributed by atoms with E-state index in [1.54, 1.807) is 0 Å². The van der Waals surface area contributed by atoms with E-state index >= 15 is 0 Å². The lowest BCUT2D eigenvalue weighted by molar-refractivity contribution is -0.500. The lowest BCUT2D eigenvalue weighted by atomic mass is 10.2. The number of Topliss-reactive ketones (excluding diaryl/α,β-unsaturated/α-hetero) is 1. The minimum absolute atomic E-state index is 0.0162. The van der Waals surface area contributed by atoms with E-state index in [2.05, 4.69) is 0 Å². The van der Waals surface area contributed by atoms with E-state index in [9.17, 15) is 14.9 Å². The summed E-state index contributed by atoms with van der Waals surface area (Å²) in [7, 11) is 0. The Morgan fingerprint density at radius 1 is 1.58 bits per heavy atom. The zero-order valence-electron chi connectivity index (χ0n) is 7.32. The second kappa shape index (κ2) is 3.21. The molecule has 1 rings (SSSR count). The Bertz CT molecular complexity index is 194. The van der Waals surface area contributed by atoms with E-state index in [0.717, 1.165) is 12.8 Å². The summed E-state index contributed by atoms with van der Waals surface area (Å²) in [6.07, 6.45) is 1.72. The Labute approximate surface area is 71.1 Å². The standard InChI is InChI=1S/C8H13NO3/c1-3-4-6-7(5(2)10)8(6)9(11)12/h6-8H,3-4H2,1-2H3. The smallest absolute Gasteiger partial charge is 0.227 e. The molecule has 12 heavy (non-hydrogen) atoms. The SMILES string of the molecule is CCCC1C(C(C)=O)C1[N+](=O)[O-]. The lowest BCUT2D eigenvalue weighted by Crippen LogP contribution is -2.07. The van der Waals surface area contributed by atoms with Gasteiger partial charge in [-0.1, -0.05) is 13.3 Å². The average Bonchev–Trinajstić information content (AvgIpc) is 2.63. The van der Waals surface area contributed by atoms with Crippen LogP contribution in [0.4, 0.5) is 0 Å². The number of nitrogens with zero attached hydrogens (tertiary/aromatic N) is 1. The number of hydrogen-bond acceptors (Lipinski definition) is 3. The monoisotopic (exact) mass is 171 g/mol. The fraction of sp³-hybridized carbons (Fsp3) is 0.875. The van der Waals surface area contributed by atoms with Crippen molar-refractivity contribution in [3.05, 3.63) is 10.1 Å². The number of carbonyl (C=O) groups is 1. The fourth-order valence-corrected chi connectivity index (χ4v) is 1.87. The van der Waals surface area contributed by atoms with Crippen LogP contribution >= 0.6 is 0 Å². The van der Waals surface area contributed by atoms with Gasteiger partial charge >= 0.3 is 0 Å². The van der Waals surface area contributed by atoms with Gasteiger partial charge in [0.1, 0.15) is 5.78 Å². The molecule has 0 aliphatic heterocycles. The molecule has 0 aromatic carbocycles. The van der Waals surface area contributed by atoms with E-state index < -0.39 is 6.04 Å². The van der Waals surface area contributed by atoms with Crippen LogP contribution in [0.25, 0.3) is 0 Å². The van der Waals surface area contributed by atoms with Gasteiger partial charge in [-0.05, 0) is 13.3 Å². The summed E-state index contributed by atoms with van der Waals surface area (Å²) in [4.78, 5) is 21.0. The van der Waals surface area contributed by atoms with Gasteiger partial charge in [0, 0.05) is 10.8 Å². The molecule has 1 aliphatic rings. The minimum atomic E-state index is -0.581. The molecule has 4 nitrogen and oxygen atoms in total. The number of rotatable bonds is 4. The topological polar surface area (TPSA) is 60.2 Å². The first-order chi connectivity index (χ1) is 5.59. The van der Waals surface area contributed by atoms with Crippen molar-refractivity contribution in [2.45, 2.75) is 32.7 Å². The molecule has 3 unspecified atom stereocenters. The Morgan fingerprint density at radius 2 is 2.17 bits per heavy atom. The Morgan fingerprint density at radius 3 is 2.42 bits per heavy atom. The summed E-state index contributed by atoms with van der Waals surface area (Å²) in [5.41, 5.74) is 0. The largest absolute Gasteiger partial charge is 0.299 e. The number of carbonyl (C=O) groups excluding carboxylic acids is 1. The van der Waals surface area contributed by atoms with Crippen molar-refractivity contribution >= 4 is 5.78 Å². The molecule has 3 atom stereocenters. The van der Waals surface area contributed by atoms with Gasteiger partial charge in [0.05, 0.1) is 5.92 Å². The highest BCUT2D eigenvalue weighted by Gasteiger charge is 2.61. The van der Waals surface area contributed by atoms with Crippen molar-refractivity contribution in [1.82, 2.24) is 0 Å². The third-order valence-electron chi connectivity index (χ3n) is 2.46. The molecule has 0 radical (unpaired) electrons. The van der Waals surface area contributed by atoms with Crippen molar-refractivity contribution in [3.8, 4) is 0 Å². The third kappa shape index (κ3) is 1.47. The summed E-state index contributed by atoms with van der Waals surface area (Å²) in [5, 5.41) is 10.4. The highest BCUT2D eigenvalue weighted by atomic mass is 16.6. The van der Waals surface area contributed by atoms with Gasteiger partial charge in [-0.25, -0.2) is 0 Å². The maximum Gasteiger partial charge on any atom is 0.227 e. The van der Waals surface area contributed by atoms with Gasteiger partial charge in [0.2, 0.25) is 6.04 Å². The van der Waals surface area contributed by atoms with E-state index in [-0.39, 0.29) is 22.5 Å². The molecule has 1 saturated carbocycles. The fourth-order valence-electron chi connectivity index (χ4n) is 1.87. The molecule has 0 bridgehead atoms. The van der Waals surface area contributed by atoms with E-state index in [1.165, 1.54) is 6.92 Å². The van der Waals surface area contributed by atoms with Crippen molar-refractivity contribution in [1.29, 1.82) is 0 Å². The van der Waals surface area contributed by atoms with Crippen LogP contribution in [0.5, 0.6) is 0 Å². The number of nitro groups is 1. The molecule has 0 aromatic heterocycles. The minimum Gasteiger partial charge on any atom is -0.299 e. The van der Waals surface area contributed by atoms with Crippen molar-refractivity contribution in [2.75, 3.05) is 0 Å². The average molecular weight is 171 g/mol. The van der Waals surface area contributed by atoms with Crippen LogP contribution in [0.3, 0.4) is 0 Å². The molecule has 0 N–H and O–H groups in total. The van der Waals surface area contributed by atoms with Crippen LogP contribution in [0.2, 0.25) is 0 Å². The summed E-state index contributed by atoms with van der Waals surface area (Å²) in [5.74, 6) is -0.308. The molecule has 1 fully saturated rings. The van der Waals surface area contributed by atoms with Gasteiger partial charge in [-0.15, -0.1) is 0 Å². The third-order valence-corrected chi connectivity index (χ3v) is 2.46. The van der Waals surface area contributed by atoms with Gasteiger partial charge in [0.15, 0.2) is 0 Å². The summed E-state index contributed by atoms with van der Waals surface area (Å²) >= 11 is 0. The van der Waals surface area contributed by atoms with E-state index in [4.69, 9.17) is 0 Å². The zero-order chi connectivity index (χ0) is 9.30. The predicted molar refractivity (Wildman–Crippen MR) is 43.4 cm³/mol. The molecule has 0 heterocycles. The highest BCUT2D eigenvalue weighted by molar-refractivity contribution is 5.82. The predicted octanol–water partition coefficient (Wildman–Crippen LogP) is 1.27. The molecule has 0 amide bonds. The first-order valence-electron chi connectivity index (χ1n) is 4.23. The number of ketones is 1. The summed E-state index contributed by atoms with van der Waals surface area (Å²) in [6.45, 7) is 3.42.